The van der Waals surface area contributed by atoms with Gasteiger partial charge in [-0.15, -0.1) is 0 Å². The summed E-state index contributed by atoms with van der Waals surface area (Å²) in [4.78, 5) is 23.0. The monoisotopic (exact) mass is 278 g/mol. The SMILES string of the molecule is CCC(CN)CC(=O)NCc1ccc(C(=O)OC)cc1. The van der Waals surface area contributed by atoms with Crippen molar-refractivity contribution in [1.82, 2.24) is 5.32 Å². The zero-order chi connectivity index (χ0) is 15.0. The summed E-state index contributed by atoms with van der Waals surface area (Å²) in [7, 11) is 1.35. The first-order valence-electron chi connectivity index (χ1n) is 6.74. The Hall–Kier alpha value is -1.88. The molecule has 1 rings (SSSR count). The second-order valence-corrected chi connectivity index (χ2v) is 4.68. The van der Waals surface area contributed by atoms with E-state index in [9.17, 15) is 9.59 Å². The van der Waals surface area contributed by atoms with Crippen molar-refractivity contribution in [2.24, 2.45) is 11.7 Å². The third kappa shape index (κ3) is 5.01. The Morgan fingerprint density at radius 1 is 1.30 bits per heavy atom. The molecule has 0 aliphatic heterocycles. The van der Waals surface area contributed by atoms with Gasteiger partial charge < -0.3 is 15.8 Å². The minimum absolute atomic E-state index is 0.000607. The molecular formula is C15H22N2O3. The highest BCUT2D eigenvalue weighted by Gasteiger charge is 2.10. The molecule has 0 aliphatic rings. The molecule has 1 aromatic rings. The molecule has 20 heavy (non-hydrogen) atoms. The molecule has 0 aliphatic carbocycles. The number of ether oxygens (including phenoxy) is 1. The lowest BCUT2D eigenvalue weighted by molar-refractivity contribution is -0.122. The highest BCUT2D eigenvalue weighted by molar-refractivity contribution is 5.89. The molecule has 5 nitrogen and oxygen atoms in total. The number of carbonyl (C=O) groups excluding carboxylic acids is 2. The number of carbonyl (C=O) groups is 2. The van der Waals surface area contributed by atoms with Crippen LogP contribution in [0.25, 0.3) is 0 Å². The molecule has 0 spiro atoms. The number of nitrogens with two attached hydrogens (primary N) is 1. The van der Waals surface area contributed by atoms with E-state index in [-0.39, 0.29) is 17.8 Å². The van der Waals surface area contributed by atoms with E-state index < -0.39 is 0 Å². The summed E-state index contributed by atoms with van der Waals surface area (Å²) in [6.07, 6.45) is 1.35. The van der Waals surface area contributed by atoms with Gasteiger partial charge in [-0.1, -0.05) is 25.5 Å². The lowest BCUT2D eigenvalue weighted by Gasteiger charge is -2.12. The smallest absolute Gasteiger partial charge is 0.337 e. The van der Waals surface area contributed by atoms with Gasteiger partial charge in [0, 0.05) is 13.0 Å². The predicted octanol–water partition coefficient (Wildman–Crippen LogP) is 1.46. The Labute approximate surface area is 119 Å². The van der Waals surface area contributed by atoms with E-state index >= 15 is 0 Å². The van der Waals surface area contributed by atoms with Crippen molar-refractivity contribution in [1.29, 1.82) is 0 Å². The molecule has 0 fully saturated rings. The fourth-order valence-corrected chi connectivity index (χ4v) is 1.81. The zero-order valence-electron chi connectivity index (χ0n) is 12.0. The average molecular weight is 278 g/mol. The number of amides is 1. The van der Waals surface area contributed by atoms with Gasteiger partial charge in [0.1, 0.15) is 0 Å². The quantitative estimate of drug-likeness (QED) is 0.740. The van der Waals surface area contributed by atoms with Gasteiger partial charge >= 0.3 is 5.97 Å². The standard InChI is InChI=1S/C15H22N2O3/c1-3-11(9-16)8-14(18)17-10-12-4-6-13(7-5-12)15(19)20-2/h4-7,11H,3,8-10,16H2,1-2H3,(H,17,18). The Balaban J connectivity index is 2.45. The van der Waals surface area contributed by atoms with Crippen molar-refractivity contribution in [3.63, 3.8) is 0 Å². The fourth-order valence-electron chi connectivity index (χ4n) is 1.81. The second-order valence-electron chi connectivity index (χ2n) is 4.68. The van der Waals surface area contributed by atoms with E-state index in [4.69, 9.17) is 5.73 Å². The van der Waals surface area contributed by atoms with Crippen molar-refractivity contribution in [2.45, 2.75) is 26.3 Å². The van der Waals surface area contributed by atoms with E-state index in [1.54, 1.807) is 24.3 Å². The zero-order valence-corrected chi connectivity index (χ0v) is 12.0. The largest absolute Gasteiger partial charge is 0.465 e. The summed E-state index contributed by atoms with van der Waals surface area (Å²) in [6.45, 7) is 3.00. The number of nitrogens with one attached hydrogen (secondary N) is 1. The minimum Gasteiger partial charge on any atom is -0.465 e. The summed E-state index contributed by atoms with van der Waals surface area (Å²) in [6, 6.07) is 6.96. The van der Waals surface area contributed by atoms with Gasteiger partial charge in [-0.05, 0) is 30.2 Å². The molecule has 1 unspecified atom stereocenters. The molecule has 1 aromatic carbocycles. The molecule has 0 aromatic heterocycles. The van der Waals surface area contributed by atoms with Crippen LogP contribution < -0.4 is 11.1 Å². The van der Waals surface area contributed by atoms with E-state index in [1.165, 1.54) is 7.11 Å². The van der Waals surface area contributed by atoms with Crippen LogP contribution in [0.4, 0.5) is 0 Å². The van der Waals surface area contributed by atoms with E-state index in [0.717, 1.165) is 12.0 Å². The Morgan fingerprint density at radius 2 is 1.95 bits per heavy atom. The van der Waals surface area contributed by atoms with Gasteiger partial charge in [0.05, 0.1) is 12.7 Å². The van der Waals surface area contributed by atoms with Crippen LogP contribution in [0.3, 0.4) is 0 Å². The first-order chi connectivity index (χ1) is 9.60. The molecule has 0 heterocycles. The van der Waals surface area contributed by atoms with Gasteiger partial charge in [-0.3, -0.25) is 4.79 Å². The average Bonchev–Trinajstić information content (AvgIpc) is 2.50. The number of rotatable bonds is 7. The van der Waals surface area contributed by atoms with Gasteiger partial charge in [0.15, 0.2) is 0 Å². The van der Waals surface area contributed by atoms with Crippen molar-refractivity contribution in [2.75, 3.05) is 13.7 Å². The lowest BCUT2D eigenvalue weighted by atomic mass is 10.0. The molecule has 0 radical (unpaired) electrons. The topological polar surface area (TPSA) is 81.4 Å². The van der Waals surface area contributed by atoms with Crippen LogP contribution in [-0.2, 0) is 16.1 Å². The third-order valence-electron chi connectivity index (χ3n) is 3.25. The third-order valence-corrected chi connectivity index (χ3v) is 3.25. The van der Waals surface area contributed by atoms with Gasteiger partial charge in [-0.25, -0.2) is 4.79 Å². The minimum atomic E-state index is -0.366. The molecular weight excluding hydrogens is 256 g/mol. The molecule has 1 atom stereocenters. The van der Waals surface area contributed by atoms with Crippen LogP contribution in [0, 0.1) is 5.92 Å². The molecule has 5 heteroatoms. The summed E-state index contributed by atoms with van der Waals surface area (Å²) in [5, 5.41) is 2.85. The summed E-state index contributed by atoms with van der Waals surface area (Å²) in [5.74, 6) is -0.134. The maximum absolute atomic E-state index is 11.7. The predicted molar refractivity (Wildman–Crippen MR) is 77.1 cm³/mol. The Kier molecular flexibility index (Phi) is 6.73. The second kappa shape index (κ2) is 8.32. The van der Waals surface area contributed by atoms with Gasteiger partial charge in [0.2, 0.25) is 5.91 Å². The highest BCUT2D eigenvalue weighted by Crippen LogP contribution is 2.07. The number of hydrogen-bond acceptors (Lipinski definition) is 4. The molecule has 110 valence electrons. The first-order valence-corrected chi connectivity index (χ1v) is 6.74. The van der Waals surface area contributed by atoms with Gasteiger partial charge in [0.25, 0.3) is 0 Å². The molecule has 0 bridgehead atoms. The van der Waals surface area contributed by atoms with Gasteiger partial charge in [-0.2, -0.15) is 0 Å². The fraction of sp³-hybridized carbons (Fsp3) is 0.467. The first kappa shape index (κ1) is 16.2. The number of esters is 1. The van der Waals surface area contributed by atoms with Crippen molar-refractivity contribution in [3.8, 4) is 0 Å². The number of hydrogen-bond donors (Lipinski definition) is 2. The van der Waals surface area contributed by atoms with Crippen molar-refractivity contribution < 1.29 is 14.3 Å². The summed E-state index contributed by atoms with van der Waals surface area (Å²) >= 11 is 0. The van der Waals surface area contributed by atoms with Crippen molar-refractivity contribution >= 4 is 11.9 Å². The summed E-state index contributed by atoms with van der Waals surface area (Å²) in [5.41, 5.74) is 7.01. The van der Waals surface area contributed by atoms with E-state index in [0.29, 0.717) is 25.1 Å². The lowest BCUT2D eigenvalue weighted by Crippen LogP contribution is -2.27. The highest BCUT2D eigenvalue weighted by atomic mass is 16.5. The molecule has 1 amide bonds. The van der Waals surface area contributed by atoms with E-state index in [2.05, 4.69) is 10.1 Å². The molecule has 3 N–H and O–H groups in total. The van der Waals surface area contributed by atoms with Crippen LogP contribution in [0.2, 0.25) is 0 Å². The van der Waals surface area contributed by atoms with Crippen LogP contribution in [0.15, 0.2) is 24.3 Å². The summed E-state index contributed by atoms with van der Waals surface area (Å²) < 4.78 is 4.62. The Bertz CT molecular complexity index is 439. The maximum Gasteiger partial charge on any atom is 0.337 e. The van der Waals surface area contributed by atoms with Crippen molar-refractivity contribution in [3.05, 3.63) is 35.4 Å². The number of methoxy groups -OCH3 is 1. The maximum atomic E-state index is 11.7. The van der Waals surface area contributed by atoms with Crippen LogP contribution in [-0.4, -0.2) is 25.5 Å². The van der Waals surface area contributed by atoms with Crippen LogP contribution >= 0.6 is 0 Å². The normalized spacial score (nSPS) is 11.8. The molecule has 0 saturated heterocycles. The van der Waals surface area contributed by atoms with Crippen LogP contribution in [0.5, 0.6) is 0 Å². The molecule has 0 saturated carbocycles. The number of benzene rings is 1. The van der Waals surface area contributed by atoms with Crippen LogP contribution in [0.1, 0.15) is 35.7 Å². The Morgan fingerprint density at radius 3 is 2.45 bits per heavy atom. The van der Waals surface area contributed by atoms with E-state index in [1.807, 2.05) is 6.92 Å².